The second-order valence-electron chi connectivity index (χ2n) is 5.12. The molecule has 0 aromatic carbocycles. The second kappa shape index (κ2) is 6.95. The maximum atomic E-state index is 13.1. The number of alkyl halides is 18. The number of halogens is 18. The average Bonchev–Trinajstić information content (AvgIpc) is 2.39. The van der Waals surface area contributed by atoms with Gasteiger partial charge in [-0.25, -0.2) is 0 Å². The first kappa shape index (κ1) is 27.9. The summed E-state index contributed by atoms with van der Waals surface area (Å²) < 4.78 is 235. The van der Waals surface area contributed by atoms with Crippen molar-refractivity contribution in [2.75, 3.05) is 0 Å². The van der Waals surface area contributed by atoms with Gasteiger partial charge in [-0.1, -0.05) is 0 Å². The van der Waals surface area contributed by atoms with Gasteiger partial charge in [-0.3, -0.25) is 0 Å². The van der Waals surface area contributed by atoms with Crippen LogP contribution in [0.3, 0.4) is 0 Å². The molecular weight excluding hydrogens is 549 g/mol. The Labute approximate surface area is 153 Å². The summed E-state index contributed by atoms with van der Waals surface area (Å²) in [5.74, 6) is -44.9. The minimum Gasteiger partial charge on any atom is -0.132 e. The zero-order valence-corrected chi connectivity index (χ0v) is 15.3. The van der Waals surface area contributed by atoms with E-state index in [1.165, 1.54) is 0 Å². The Bertz CT molecular complexity index is 505. The maximum absolute atomic E-state index is 13.1. The van der Waals surface area contributed by atoms with E-state index < -0.39 is 72.8 Å². The van der Waals surface area contributed by atoms with Crippen molar-refractivity contribution >= 4 is 22.7 Å². The summed E-state index contributed by atoms with van der Waals surface area (Å²) in [4.78, 5) is -2.80. The summed E-state index contributed by atoms with van der Waals surface area (Å²) in [7, 11) is -26.2. The van der Waals surface area contributed by atoms with Gasteiger partial charge < -0.3 is 0 Å². The molecule has 0 aromatic rings. The molecule has 1 aliphatic rings. The summed E-state index contributed by atoms with van der Waals surface area (Å²) in [6, 6.07) is 0. The van der Waals surface area contributed by atoms with Gasteiger partial charge in [0.1, 0.15) is 0 Å². The molecule has 0 unspecified atom stereocenters. The molecule has 1 saturated heterocycles. The van der Waals surface area contributed by atoms with E-state index in [1.54, 1.807) is 0 Å². The molecule has 0 aliphatic carbocycles. The first-order valence-electron chi connectivity index (χ1n) is 6.08. The van der Waals surface area contributed by atoms with Crippen LogP contribution in [0.25, 0.3) is 0 Å². The quantitative estimate of drug-likeness (QED) is 0.216. The molecule has 0 aromatic heterocycles. The van der Waals surface area contributed by atoms with E-state index in [0.717, 1.165) is 0 Å². The van der Waals surface area contributed by atoms with Gasteiger partial charge in [0, 0.05) is 0 Å². The Hall–Kier alpha value is -0.0900. The van der Waals surface area contributed by atoms with Crippen molar-refractivity contribution in [3.05, 3.63) is 0 Å². The smallest absolute Gasteiger partial charge is 0.132 e. The van der Waals surface area contributed by atoms with Crippen LogP contribution in [0.15, 0.2) is 0 Å². The standard InChI is InChI=1S/C6H3F18N3P3/c7-1(8,9)28(2(10,11)12)25-29(3(13,14)15,4(16,17)18)27-30(26-28,5(19,20)21)6(22,23)24/h25-27H/q+3. The number of hydrogen-bond donors (Lipinski definition) is 3. The summed E-state index contributed by atoms with van der Waals surface area (Å²) in [6.07, 6.45) is 0. The molecule has 1 fully saturated rings. The lowest BCUT2D eigenvalue weighted by Gasteiger charge is -2.41. The molecule has 3 nitrogen and oxygen atoms in total. The van der Waals surface area contributed by atoms with E-state index in [0.29, 0.717) is 0 Å². The average molecular weight is 552 g/mol. The van der Waals surface area contributed by atoms with E-state index in [2.05, 4.69) is 0 Å². The van der Waals surface area contributed by atoms with E-state index >= 15 is 0 Å². The van der Waals surface area contributed by atoms with E-state index in [-0.39, 0.29) is 0 Å². The highest BCUT2D eigenvalue weighted by molar-refractivity contribution is 8.02. The molecule has 30 heavy (non-hydrogen) atoms. The molecule has 1 aliphatic heterocycles. The van der Waals surface area contributed by atoms with Crippen LogP contribution in [0.1, 0.15) is 0 Å². The molecule has 0 atom stereocenters. The molecule has 0 bridgehead atoms. The molecular formula is C6H3F18N3P3+3. The molecule has 24 heteroatoms. The van der Waals surface area contributed by atoms with Crippen molar-refractivity contribution in [2.24, 2.45) is 0 Å². The monoisotopic (exact) mass is 552 g/mol. The van der Waals surface area contributed by atoms with Crippen LogP contribution in [0.5, 0.6) is 0 Å². The van der Waals surface area contributed by atoms with Crippen molar-refractivity contribution in [3.63, 3.8) is 0 Å². The van der Waals surface area contributed by atoms with Crippen LogP contribution in [0, 0.1) is 0 Å². The first-order chi connectivity index (χ1) is 12.6. The highest BCUT2D eigenvalue weighted by Crippen LogP contribution is 2.98. The molecule has 180 valence electrons. The highest BCUT2D eigenvalue weighted by Gasteiger charge is 3.07. The van der Waals surface area contributed by atoms with Gasteiger partial charge in [-0.2, -0.15) is 0 Å². The maximum Gasteiger partial charge on any atom is 0.560 e. The fourth-order valence-electron chi connectivity index (χ4n) is 1.85. The molecule has 1 rings (SSSR count). The van der Waals surface area contributed by atoms with Crippen LogP contribution in [0.4, 0.5) is 79.0 Å². The fourth-order valence-corrected chi connectivity index (χ4v) is 15.3. The summed E-state index contributed by atoms with van der Waals surface area (Å²) in [5, 5.41) is 0. The van der Waals surface area contributed by atoms with E-state index in [9.17, 15) is 79.0 Å². The van der Waals surface area contributed by atoms with Crippen molar-refractivity contribution in [1.82, 2.24) is 14.6 Å². The van der Waals surface area contributed by atoms with Crippen molar-refractivity contribution < 1.29 is 79.0 Å². The molecule has 0 saturated carbocycles. The van der Waals surface area contributed by atoms with E-state index in [4.69, 9.17) is 0 Å². The Morgan fingerprint density at radius 1 is 0.267 bits per heavy atom. The van der Waals surface area contributed by atoms with Gasteiger partial charge in [0.15, 0.2) is 0 Å². The number of nitrogens with one attached hydrogen (secondary N) is 3. The third-order valence-electron chi connectivity index (χ3n) is 3.18. The van der Waals surface area contributed by atoms with Gasteiger partial charge in [-0.05, 0) is 14.6 Å². The van der Waals surface area contributed by atoms with Gasteiger partial charge in [0.05, 0.1) is 0 Å². The Kier molecular flexibility index (Phi) is 6.48. The van der Waals surface area contributed by atoms with Crippen LogP contribution in [-0.4, -0.2) is 35.5 Å². The predicted molar refractivity (Wildman–Crippen MR) is 66.5 cm³/mol. The minimum absolute atomic E-state index is 0.933. The van der Waals surface area contributed by atoms with Crippen molar-refractivity contribution in [1.29, 1.82) is 0 Å². The highest BCUT2D eigenvalue weighted by atomic mass is 31.3. The Morgan fingerprint density at radius 3 is 0.433 bits per heavy atom. The van der Waals surface area contributed by atoms with E-state index in [1.807, 2.05) is 0 Å². The zero-order valence-electron chi connectivity index (χ0n) is 12.6. The summed E-state index contributed by atoms with van der Waals surface area (Å²) >= 11 is 0. The molecule has 0 amide bonds. The summed E-state index contributed by atoms with van der Waals surface area (Å²) in [5.41, 5.74) is 0. The second-order valence-corrected chi connectivity index (χ2v) is 14.6. The predicted octanol–water partition coefficient (Wildman–Crippen LogP) is 7.43. The SMILES string of the molecule is FC(F)(F)[P+]1(C(F)(F)F)N[P+](C(F)(F)F)(C(F)(F)F)N[P+](C(F)(F)F)(C(F)(F)F)N1. The van der Waals surface area contributed by atoms with Crippen LogP contribution in [-0.2, 0) is 0 Å². The molecule has 0 radical (unpaired) electrons. The van der Waals surface area contributed by atoms with Crippen LogP contribution < -0.4 is 14.6 Å². The van der Waals surface area contributed by atoms with Crippen LogP contribution >= 0.6 is 22.7 Å². The third-order valence-corrected chi connectivity index (χ3v) is 14.9. The van der Waals surface area contributed by atoms with Crippen molar-refractivity contribution in [3.8, 4) is 0 Å². The third kappa shape index (κ3) is 3.91. The number of rotatable bonds is 0. The lowest BCUT2D eigenvalue weighted by molar-refractivity contribution is -0.105. The lowest BCUT2D eigenvalue weighted by Crippen LogP contribution is -2.62. The first-order valence-corrected chi connectivity index (χ1v) is 11.5. The number of hydrogen-bond acceptors (Lipinski definition) is 3. The zero-order chi connectivity index (χ0) is 24.6. The lowest BCUT2D eigenvalue weighted by atomic mass is 11.5. The molecule has 1 heterocycles. The van der Waals surface area contributed by atoms with Gasteiger partial charge >= 0.3 is 58.2 Å². The Morgan fingerprint density at radius 2 is 0.367 bits per heavy atom. The summed E-state index contributed by atoms with van der Waals surface area (Å²) in [6.45, 7) is 0. The van der Waals surface area contributed by atoms with Gasteiger partial charge in [0.25, 0.3) is 0 Å². The molecule has 0 spiro atoms. The van der Waals surface area contributed by atoms with Crippen LogP contribution in [0.2, 0.25) is 0 Å². The molecule has 3 N–H and O–H groups in total. The Balaban J connectivity index is 4.28. The van der Waals surface area contributed by atoms with Crippen molar-refractivity contribution in [2.45, 2.75) is 35.5 Å². The minimum atomic E-state index is -8.73. The van der Waals surface area contributed by atoms with Gasteiger partial charge in [0.2, 0.25) is 0 Å². The topological polar surface area (TPSA) is 36.1 Å². The van der Waals surface area contributed by atoms with Gasteiger partial charge in [-0.15, -0.1) is 79.0 Å². The largest absolute Gasteiger partial charge is 0.560 e. The fraction of sp³-hybridized carbons (Fsp3) is 1.00. The normalized spacial score (nSPS) is 23.4.